The largest absolute Gasteiger partial charge is 0.274 e. The Hall–Kier alpha value is -1.86. The van der Waals surface area contributed by atoms with Crippen molar-refractivity contribution in [2.75, 3.05) is 11.4 Å². The number of benzene rings is 2. The van der Waals surface area contributed by atoms with Gasteiger partial charge in [-0.05, 0) is 29.8 Å². The van der Waals surface area contributed by atoms with Crippen LogP contribution in [0.2, 0.25) is 5.02 Å². The number of aliphatic imine (C=N–C) groups is 1. The molecule has 2 heterocycles. The van der Waals surface area contributed by atoms with E-state index in [1.807, 2.05) is 54.6 Å². The fraction of sp³-hybridized carbons (Fsp3) is 0.222. The molecular weight excluding hydrogens is 356 g/mol. The van der Waals surface area contributed by atoms with Gasteiger partial charge in [-0.3, -0.25) is 15.1 Å². The van der Waals surface area contributed by atoms with Crippen LogP contribution in [0, 0.1) is 5.92 Å². The molecule has 0 bridgehead atoms. The lowest BCUT2D eigenvalue weighted by atomic mass is 10.1. The zero-order chi connectivity index (χ0) is 17.2. The van der Waals surface area contributed by atoms with Gasteiger partial charge in [0.2, 0.25) is 5.91 Å². The molecule has 2 aliphatic heterocycles. The second-order valence-electron chi connectivity index (χ2n) is 5.91. The van der Waals surface area contributed by atoms with Gasteiger partial charge in [-0.2, -0.15) is 0 Å². The Bertz CT molecular complexity index is 796. The number of halogens is 1. The number of rotatable bonds is 3. The highest BCUT2D eigenvalue weighted by molar-refractivity contribution is 8.13. The van der Waals surface area contributed by atoms with E-state index in [9.17, 15) is 4.79 Å². The average molecular weight is 373 g/mol. The molecule has 0 radical (unpaired) electrons. The van der Waals surface area contributed by atoms with Gasteiger partial charge in [0, 0.05) is 17.3 Å². The van der Waals surface area contributed by atoms with Crippen LogP contribution in [0.5, 0.6) is 0 Å². The van der Waals surface area contributed by atoms with Gasteiger partial charge in [0.15, 0.2) is 5.17 Å². The van der Waals surface area contributed by atoms with E-state index in [1.54, 1.807) is 16.7 Å². The van der Waals surface area contributed by atoms with Crippen LogP contribution in [0.25, 0.3) is 0 Å². The first-order chi connectivity index (χ1) is 12.2. The van der Waals surface area contributed by atoms with Crippen molar-refractivity contribution in [1.82, 2.24) is 10.9 Å². The first kappa shape index (κ1) is 16.6. The molecule has 0 aliphatic carbocycles. The van der Waals surface area contributed by atoms with Crippen LogP contribution in [0.15, 0.2) is 59.6 Å². The predicted octanol–water partition coefficient (Wildman–Crippen LogP) is 3.03. The fourth-order valence-corrected chi connectivity index (χ4v) is 4.04. The summed E-state index contributed by atoms with van der Waals surface area (Å²) in [6.07, 6.45) is -0.208. The lowest BCUT2D eigenvalue weighted by molar-refractivity contribution is -0.121. The van der Waals surface area contributed by atoms with Crippen LogP contribution < -0.4 is 15.8 Å². The Balaban J connectivity index is 1.61. The molecule has 25 heavy (non-hydrogen) atoms. The van der Waals surface area contributed by atoms with E-state index < -0.39 is 0 Å². The number of nitrogens with one attached hydrogen (secondary N) is 2. The van der Waals surface area contributed by atoms with Gasteiger partial charge < -0.3 is 0 Å². The summed E-state index contributed by atoms with van der Waals surface area (Å²) in [5, 5.41) is 1.43. The predicted molar refractivity (Wildman–Crippen MR) is 103 cm³/mol. The third-order valence-electron chi connectivity index (χ3n) is 4.23. The number of hydrazine groups is 1. The van der Waals surface area contributed by atoms with Gasteiger partial charge >= 0.3 is 0 Å². The number of amides is 1. The third kappa shape index (κ3) is 3.43. The van der Waals surface area contributed by atoms with Crippen LogP contribution >= 0.6 is 23.4 Å². The molecule has 0 aromatic heterocycles. The van der Waals surface area contributed by atoms with E-state index in [2.05, 4.69) is 10.9 Å². The topological polar surface area (TPSA) is 56.7 Å². The molecule has 2 unspecified atom stereocenters. The number of anilines is 1. The highest BCUT2D eigenvalue weighted by Gasteiger charge is 2.42. The summed E-state index contributed by atoms with van der Waals surface area (Å²) in [6, 6.07) is 17.4. The van der Waals surface area contributed by atoms with Gasteiger partial charge in [-0.15, -0.1) is 0 Å². The molecule has 0 saturated carbocycles. The van der Waals surface area contributed by atoms with E-state index in [1.165, 1.54) is 0 Å². The highest BCUT2D eigenvalue weighted by atomic mass is 35.5. The quantitative estimate of drug-likeness (QED) is 0.869. The van der Waals surface area contributed by atoms with Crippen LogP contribution in [0.1, 0.15) is 5.56 Å². The third-order valence-corrected chi connectivity index (χ3v) is 5.50. The van der Waals surface area contributed by atoms with Crippen molar-refractivity contribution in [1.29, 1.82) is 0 Å². The molecule has 0 spiro atoms. The van der Waals surface area contributed by atoms with Crippen molar-refractivity contribution >= 4 is 40.1 Å². The van der Waals surface area contributed by atoms with Crippen molar-refractivity contribution in [3.05, 3.63) is 65.2 Å². The van der Waals surface area contributed by atoms with E-state index in [0.29, 0.717) is 16.7 Å². The Morgan fingerprint density at radius 1 is 1.16 bits per heavy atom. The molecule has 2 atom stereocenters. The molecule has 2 N–H and O–H groups in total. The number of carbonyl (C=O) groups excluding carboxylic acids is 1. The normalized spacial score (nSPS) is 22.7. The van der Waals surface area contributed by atoms with Gasteiger partial charge in [0.1, 0.15) is 6.17 Å². The molecule has 128 valence electrons. The number of para-hydroxylation sites is 1. The summed E-state index contributed by atoms with van der Waals surface area (Å²) in [5.41, 5.74) is 8.10. The van der Waals surface area contributed by atoms with Crippen molar-refractivity contribution in [3.8, 4) is 0 Å². The summed E-state index contributed by atoms with van der Waals surface area (Å²) in [5.74, 6) is 0.611. The van der Waals surface area contributed by atoms with Crippen molar-refractivity contribution in [2.24, 2.45) is 10.9 Å². The minimum atomic E-state index is -0.208. The number of amidine groups is 1. The van der Waals surface area contributed by atoms with Crippen LogP contribution in [-0.2, 0) is 10.5 Å². The monoisotopic (exact) mass is 372 g/mol. The van der Waals surface area contributed by atoms with Crippen molar-refractivity contribution in [2.45, 2.75) is 11.9 Å². The highest BCUT2D eigenvalue weighted by Crippen LogP contribution is 2.30. The summed E-state index contributed by atoms with van der Waals surface area (Å²) in [6.45, 7) is 0.589. The Morgan fingerprint density at radius 3 is 2.68 bits per heavy atom. The molecule has 1 fully saturated rings. The number of hydrogen-bond donors (Lipinski definition) is 2. The summed E-state index contributed by atoms with van der Waals surface area (Å²) in [4.78, 5) is 19.5. The zero-order valence-corrected chi connectivity index (χ0v) is 14.9. The minimum Gasteiger partial charge on any atom is -0.274 e. The minimum absolute atomic E-state index is 0.0716. The van der Waals surface area contributed by atoms with E-state index in [4.69, 9.17) is 16.6 Å². The number of thioether (sulfide) groups is 1. The molecule has 2 aromatic carbocycles. The maximum absolute atomic E-state index is 13.0. The van der Waals surface area contributed by atoms with Crippen molar-refractivity contribution < 1.29 is 4.79 Å². The smallest absolute Gasteiger partial charge is 0.241 e. The van der Waals surface area contributed by atoms with E-state index >= 15 is 0 Å². The van der Waals surface area contributed by atoms with Gasteiger partial charge in [-0.1, -0.05) is 53.7 Å². The standard InChI is InChI=1S/C18H17ClN4OS/c19-13-8-6-12(7-9-13)11-25-18-21-16-15(10-20-22-16)17(24)23(18)14-4-2-1-3-5-14/h1-9,15-16,20,22H,10-11H2. The van der Waals surface area contributed by atoms with Gasteiger partial charge in [-0.25, -0.2) is 10.4 Å². The first-order valence-electron chi connectivity index (χ1n) is 8.05. The molecule has 1 amide bonds. The summed E-state index contributed by atoms with van der Waals surface area (Å²) in [7, 11) is 0. The fourth-order valence-electron chi connectivity index (χ4n) is 2.91. The van der Waals surface area contributed by atoms with E-state index in [-0.39, 0.29) is 18.0 Å². The number of carbonyl (C=O) groups is 1. The summed E-state index contributed by atoms with van der Waals surface area (Å²) >= 11 is 7.50. The van der Waals surface area contributed by atoms with Crippen molar-refractivity contribution in [3.63, 3.8) is 0 Å². The first-order valence-corrected chi connectivity index (χ1v) is 9.41. The number of fused-ring (bicyclic) bond motifs is 1. The Morgan fingerprint density at radius 2 is 1.92 bits per heavy atom. The van der Waals surface area contributed by atoms with Crippen LogP contribution in [0.3, 0.4) is 0 Å². The molecule has 4 rings (SSSR count). The average Bonchev–Trinajstić information content (AvgIpc) is 3.11. The van der Waals surface area contributed by atoms with Crippen LogP contribution in [-0.4, -0.2) is 23.8 Å². The second kappa shape index (κ2) is 7.17. The number of nitrogens with zero attached hydrogens (tertiary/aromatic N) is 2. The SMILES string of the molecule is O=C1C2CNNC2N=C(SCc2ccc(Cl)cc2)N1c1ccccc1. The molecular formula is C18H17ClN4OS. The molecule has 5 nitrogen and oxygen atoms in total. The molecule has 1 saturated heterocycles. The van der Waals surface area contributed by atoms with Crippen LogP contribution in [0.4, 0.5) is 5.69 Å². The molecule has 2 aliphatic rings. The van der Waals surface area contributed by atoms with Gasteiger partial charge in [0.05, 0.1) is 11.6 Å². The number of hydrogen-bond acceptors (Lipinski definition) is 5. The Labute approximate surface area is 155 Å². The zero-order valence-electron chi connectivity index (χ0n) is 13.4. The second-order valence-corrected chi connectivity index (χ2v) is 7.29. The molecule has 7 heteroatoms. The Kier molecular flexibility index (Phi) is 4.76. The lowest BCUT2D eigenvalue weighted by Crippen LogP contribution is -2.49. The summed E-state index contributed by atoms with van der Waals surface area (Å²) < 4.78 is 0. The lowest BCUT2D eigenvalue weighted by Gasteiger charge is -2.32. The maximum Gasteiger partial charge on any atom is 0.241 e. The van der Waals surface area contributed by atoms with Gasteiger partial charge in [0.25, 0.3) is 0 Å². The molecule has 2 aromatic rings. The van der Waals surface area contributed by atoms with E-state index in [0.717, 1.165) is 17.0 Å². The maximum atomic E-state index is 13.0.